The highest BCUT2D eigenvalue weighted by molar-refractivity contribution is 6.31. The first-order chi connectivity index (χ1) is 8.09. The molecule has 1 atom stereocenters. The number of halogens is 2. The molecule has 1 unspecified atom stereocenters. The van der Waals surface area contributed by atoms with E-state index >= 15 is 0 Å². The van der Waals surface area contributed by atoms with E-state index in [-0.39, 0.29) is 5.82 Å². The van der Waals surface area contributed by atoms with Crippen molar-refractivity contribution in [1.82, 2.24) is 0 Å². The molecule has 88 valence electrons. The highest BCUT2D eigenvalue weighted by Gasteiger charge is 2.14. The van der Waals surface area contributed by atoms with Gasteiger partial charge in [0.15, 0.2) is 0 Å². The summed E-state index contributed by atoms with van der Waals surface area (Å²) in [5.74, 6) is -0.284. The molecule has 0 fully saturated rings. The summed E-state index contributed by atoms with van der Waals surface area (Å²) >= 11 is 6.09. The maximum atomic E-state index is 13.2. The molecule has 0 saturated carbocycles. The van der Waals surface area contributed by atoms with E-state index in [1.54, 1.807) is 12.1 Å². The van der Waals surface area contributed by atoms with Crippen LogP contribution in [0.1, 0.15) is 22.7 Å². The zero-order chi connectivity index (χ0) is 12.4. The van der Waals surface area contributed by atoms with Crippen molar-refractivity contribution in [2.24, 2.45) is 5.73 Å². The van der Waals surface area contributed by atoms with Crippen molar-refractivity contribution >= 4 is 11.6 Å². The van der Waals surface area contributed by atoms with Crippen LogP contribution in [-0.4, -0.2) is 0 Å². The third kappa shape index (κ3) is 2.48. The summed E-state index contributed by atoms with van der Waals surface area (Å²) in [6.45, 7) is 1.91. The van der Waals surface area contributed by atoms with Crippen molar-refractivity contribution in [3.63, 3.8) is 0 Å². The van der Waals surface area contributed by atoms with E-state index < -0.39 is 6.04 Å². The molecule has 1 nitrogen and oxygen atoms in total. The molecule has 0 amide bonds. The van der Waals surface area contributed by atoms with E-state index in [0.29, 0.717) is 5.02 Å². The molecule has 0 aliphatic heterocycles. The summed E-state index contributed by atoms with van der Waals surface area (Å²) in [7, 11) is 0. The summed E-state index contributed by atoms with van der Waals surface area (Å²) in [4.78, 5) is 0. The molecule has 0 aliphatic carbocycles. The highest BCUT2D eigenvalue weighted by atomic mass is 35.5. The van der Waals surface area contributed by atoms with Gasteiger partial charge in [0.1, 0.15) is 5.82 Å². The van der Waals surface area contributed by atoms with Crippen molar-refractivity contribution in [1.29, 1.82) is 0 Å². The molecular weight excluding hydrogens is 237 g/mol. The molecule has 2 rings (SSSR count). The van der Waals surface area contributed by atoms with Crippen LogP contribution in [0.25, 0.3) is 0 Å². The van der Waals surface area contributed by atoms with E-state index in [9.17, 15) is 4.39 Å². The molecule has 0 bridgehead atoms. The van der Waals surface area contributed by atoms with Gasteiger partial charge in [-0.1, -0.05) is 35.9 Å². The molecule has 17 heavy (non-hydrogen) atoms. The van der Waals surface area contributed by atoms with Gasteiger partial charge in [-0.05, 0) is 41.8 Å². The fourth-order valence-corrected chi connectivity index (χ4v) is 2.09. The molecule has 3 heteroatoms. The third-order valence-corrected chi connectivity index (χ3v) is 3.16. The monoisotopic (exact) mass is 249 g/mol. The Balaban J connectivity index is 2.47. The predicted octanol–water partition coefficient (Wildman–Crippen LogP) is 3.84. The quantitative estimate of drug-likeness (QED) is 0.860. The van der Waals surface area contributed by atoms with E-state index in [0.717, 1.165) is 16.7 Å². The Hall–Kier alpha value is -1.38. The largest absolute Gasteiger partial charge is 0.320 e. The minimum atomic E-state index is -0.403. The maximum absolute atomic E-state index is 13.2. The third-order valence-electron chi connectivity index (χ3n) is 2.82. The van der Waals surface area contributed by atoms with E-state index in [2.05, 4.69) is 0 Å². The molecule has 0 spiro atoms. The van der Waals surface area contributed by atoms with Crippen LogP contribution in [0, 0.1) is 12.7 Å². The Kier molecular flexibility index (Phi) is 3.46. The minimum Gasteiger partial charge on any atom is -0.320 e. The Bertz CT molecular complexity index is 539. The Morgan fingerprint density at radius 3 is 2.53 bits per heavy atom. The van der Waals surface area contributed by atoms with Gasteiger partial charge >= 0.3 is 0 Å². The summed E-state index contributed by atoms with van der Waals surface area (Å²) in [6, 6.07) is 11.6. The summed E-state index contributed by atoms with van der Waals surface area (Å²) in [5.41, 5.74) is 8.66. The van der Waals surface area contributed by atoms with Crippen LogP contribution in [0.3, 0.4) is 0 Å². The number of rotatable bonds is 2. The molecule has 0 heterocycles. The van der Waals surface area contributed by atoms with Crippen LogP contribution >= 0.6 is 11.6 Å². The topological polar surface area (TPSA) is 26.0 Å². The molecule has 0 aromatic heterocycles. The zero-order valence-electron chi connectivity index (χ0n) is 9.45. The highest BCUT2D eigenvalue weighted by Crippen LogP contribution is 2.28. The number of aryl methyl sites for hydroxylation is 1. The smallest absolute Gasteiger partial charge is 0.123 e. The second-order valence-corrected chi connectivity index (χ2v) is 4.41. The number of benzene rings is 2. The van der Waals surface area contributed by atoms with Crippen LogP contribution in [0.2, 0.25) is 5.02 Å². The molecule has 2 N–H and O–H groups in total. The van der Waals surface area contributed by atoms with Crippen molar-refractivity contribution in [3.8, 4) is 0 Å². The second-order valence-electron chi connectivity index (χ2n) is 4.00. The van der Waals surface area contributed by atoms with Gasteiger partial charge in [-0.25, -0.2) is 4.39 Å². The average molecular weight is 250 g/mol. The van der Waals surface area contributed by atoms with Crippen LogP contribution in [0.4, 0.5) is 4.39 Å². The fourth-order valence-electron chi connectivity index (χ4n) is 1.84. The van der Waals surface area contributed by atoms with Crippen molar-refractivity contribution in [3.05, 3.63) is 70.0 Å². The normalized spacial score (nSPS) is 12.5. The van der Waals surface area contributed by atoms with Crippen LogP contribution in [-0.2, 0) is 0 Å². The molecular formula is C14H13ClFN. The summed E-state index contributed by atoms with van der Waals surface area (Å²) < 4.78 is 13.2. The SMILES string of the molecule is Cc1ccc(F)cc1C(N)c1ccccc1Cl. The lowest BCUT2D eigenvalue weighted by Crippen LogP contribution is -2.14. The minimum absolute atomic E-state index is 0.284. The average Bonchev–Trinajstić information content (AvgIpc) is 2.32. The van der Waals surface area contributed by atoms with Gasteiger partial charge in [0.05, 0.1) is 6.04 Å². The number of nitrogens with two attached hydrogens (primary N) is 1. The van der Waals surface area contributed by atoms with E-state index in [4.69, 9.17) is 17.3 Å². The van der Waals surface area contributed by atoms with Gasteiger partial charge in [0, 0.05) is 5.02 Å². The van der Waals surface area contributed by atoms with Gasteiger partial charge in [-0.3, -0.25) is 0 Å². The van der Waals surface area contributed by atoms with Gasteiger partial charge in [0.2, 0.25) is 0 Å². The standard InChI is InChI=1S/C14H13ClFN/c1-9-6-7-10(16)8-12(9)14(17)11-4-2-3-5-13(11)15/h2-8,14H,17H2,1H3. The Morgan fingerprint density at radius 1 is 1.12 bits per heavy atom. The van der Waals surface area contributed by atoms with Crippen molar-refractivity contribution < 1.29 is 4.39 Å². The maximum Gasteiger partial charge on any atom is 0.123 e. The van der Waals surface area contributed by atoms with Crippen LogP contribution < -0.4 is 5.73 Å². The lowest BCUT2D eigenvalue weighted by molar-refractivity contribution is 0.622. The second kappa shape index (κ2) is 4.86. The first kappa shape index (κ1) is 12.1. The Morgan fingerprint density at radius 2 is 1.82 bits per heavy atom. The lowest BCUT2D eigenvalue weighted by Gasteiger charge is -2.16. The van der Waals surface area contributed by atoms with Gasteiger partial charge < -0.3 is 5.73 Å². The van der Waals surface area contributed by atoms with Gasteiger partial charge in [0.25, 0.3) is 0 Å². The molecule has 0 saturated heterocycles. The molecule has 2 aromatic carbocycles. The number of hydrogen-bond donors (Lipinski definition) is 1. The lowest BCUT2D eigenvalue weighted by atomic mass is 9.96. The first-order valence-corrected chi connectivity index (χ1v) is 5.73. The molecule has 0 radical (unpaired) electrons. The van der Waals surface area contributed by atoms with E-state index in [1.165, 1.54) is 12.1 Å². The van der Waals surface area contributed by atoms with Gasteiger partial charge in [-0.15, -0.1) is 0 Å². The summed E-state index contributed by atoms with van der Waals surface area (Å²) in [5, 5.41) is 0.601. The molecule has 2 aromatic rings. The Labute approximate surface area is 105 Å². The summed E-state index contributed by atoms with van der Waals surface area (Å²) in [6.07, 6.45) is 0. The van der Waals surface area contributed by atoms with E-state index in [1.807, 2.05) is 25.1 Å². The van der Waals surface area contributed by atoms with Crippen LogP contribution in [0.5, 0.6) is 0 Å². The molecule has 0 aliphatic rings. The number of hydrogen-bond acceptors (Lipinski definition) is 1. The van der Waals surface area contributed by atoms with Gasteiger partial charge in [-0.2, -0.15) is 0 Å². The van der Waals surface area contributed by atoms with Crippen LogP contribution in [0.15, 0.2) is 42.5 Å². The zero-order valence-corrected chi connectivity index (χ0v) is 10.2. The predicted molar refractivity (Wildman–Crippen MR) is 68.6 cm³/mol. The first-order valence-electron chi connectivity index (χ1n) is 5.35. The fraction of sp³-hybridized carbons (Fsp3) is 0.143. The van der Waals surface area contributed by atoms with Crippen molar-refractivity contribution in [2.45, 2.75) is 13.0 Å². The van der Waals surface area contributed by atoms with Crippen molar-refractivity contribution in [2.75, 3.05) is 0 Å².